The summed E-state index contributed by atoms with van der Waals surface area (Å²) in [5, 5.41) is 3.26. The molecule has 4 N–H and O–H groups in total. The first-order valence-electron chi connectivity index (χ1n) is 7.06. The molecule has 0 radical (unpaired) electrons. The SMILES string of the molecule is Cc1ccc(C(C)NC(=NC2CCCCC2)NN)o1. The van der Waals surface area contributed by atoms with Crippen LogP contribution in [0.25, 0.3) is 0 Å². The zero-order chi connectivity index (χ0) is 13.7. The van der Waals surface area contributed by atoms with E-state index in [9.17, 15) is 0 Å². The molecule has 0 spiro atoms. The monoisotopic (exact) mass is 264 g/mol. The highest BCUT2D eigenvalue weighted by molar-refractivity contribution is 5.79. The summed E-state index contributed by atoms with van der Waals surface area (Å²) in [6.45, 7) is 3.97. The minimum absolute atomic E-state index is 0.0482. The second-order valence-corrected chi connectivity index (χ2v) is 5.23. The third-order valence-corrected chi connectivity index (χ3v) is 3.56. The number of hydrogen-bond donors (Lipinski definition) is 3. The van der Waals surface area contributed by atoms with Gasteiger partial charge in [0.05, 0.1) is 12.1 Å². The van der Waals surface area contributed by atoms with Gasteiger partial charge in [-0.15, -0.1) is 0 Å². The van der Waals surface area contributed by atoms with Crippen molar-refractivity contribution in [3.63, 3.8) is 0 Å². The Hall–Kier alpha value is -1.49. The number of hydrogen-bond acceptors (Lipinski definition) is 3. The summed E-state index contributed by atoms with van der Waals surface area (Å²) < 4.78 is 5.59. The van der Waals surface area contributed by atoms with Crippen molar-refractivity contribution < 1.29 is 4.42 Å². The smallest absolute Gasteiger partial charge is 0.206 e. The minimum atomic E-state index is 0.0482. The van der Waals surface area contributed by atoms with Crippen molar-refractivity contribution in [3.05, 3.63) is 23.7 Å². The molecular formula is C14H24N4O. The first-order chi connectivity index (χ1) is 9.19. The first kappa shape index (κ1) is 13.9. The number of hydrazine groups is 1. The van der Waals surface area contributed by atoms with E-state index in [0.29, 0.717) is 12.0 Å². The molecule has 19 heavy (non-hydrogen) atoms. The largest absolute Gasteiger partial charge is 0.464 e. The van der Waals surface area contributed by atoms with Gasteiger partial charge in [0.15, 0.2) is 0 Å². The molecule has 1 aromatic heterocycles. The molecule has 1 aliphatic rings. The first-order valence-corrected chi connectivity index (χ1v) is 7.06. The van der Waals surface area contributed by atoms with Crippen LogP contribution in [0, 0.1) is 6.92 Å². The Morgan fingerprint density at radius 3 is 2.68 bits per heavy atom. The highest BCUT2D eigenvalue weighted by atomic mass is 16.3. The third-order valence-electron chi connectivity index (χ3n) is 3.56. The van der Waals surface area contributed by atoms with Crippen LogP contribution < -0.4 is 16.6 Å². The van der Waals surface area contributed by atoms with Crippen molar-refractivity contribution in [2.75, 3.05) is 0 Å². The second-order valence-electron chi connectivity index (χ2n) is 5.23. The van der Waals surface area contributed by atoms with Crippen molar-refractivity contribution in [2.45, 2.75) is 58.0 Å². The lowest BCUT2D eigenvalue weighted by molar-refractivity contribution is 0.430. The molecule has 1 heterocycles. The predicted molar refractivity (Wildman–Crippen MR) is 76.6 cm³/mol. The lowest BCUT2D eigenvalue weighted by Crippen LogP contribution is -2.43. The Balaban J connectivity index is 1.95. The van der Waals surface area contributed by atoms with E-state index >= 15 is 0 Å². The predicted octanol–water partition coefficient (Wildman–Crippen LogP) is 2.39. The quantitative estimate of drug-likeness (QED) is 0.339. The Morgan fingerprint density at radius 2 is 2.11 bits per heavy atom. The van der Waals surface area contributed by atoms with E-state index in [1.807, 2.05) is 26.0 Å². The maximum Gasteiger partial charge on any atom is 0.206 e. The molecule has 1 aliphatic carbocycles. The van der Waals surface area contributed by atoms with Gasteiger partial charge in [-0.1, -0.05) is 19.3 Å². The van der Waals surface area contributed by atoms with Crippen LogP contribution in [0.2, 0.25) is 0 Å². The molecule has 0 aliphatic heterocycles. The summed E-state index contributed by atoms with van der Waals surface area (Å²) in [5.41, 5.74) is 2.65. The van der Waals surface area contributed by atoms with Crippen LogP contribution in [0.5, 0.6) is 0 Å². The molecule has 5 heteroatoms. The molecule has 1 atom stereocenters. The van der Waals surface area contributed by atoms with Crippen molar-refractivity contribution in [2.24, 2.45) is 10.8 Å². The van der Waals surface area contributed by atoms with Crippen molar-refractivity contribution in [1.82, 2.24) is 10.7 Å². The summed E-state index contributed by atoms with van der Waals surface area (Å²) in [7, 11) is 0. The molecular weight excluding hydrogens is 240 g/mol. The lowest BCUT2D eigenvalue weighted by atomic mass is 9.96. The van der Waals surface area contributed by atoms with Crippen LogP contribution in [0.4, 0.5) is 0 Å². The van der Waals surface area contributed by atoms with E-state index in [-0.39, 0.29) is 6.04 Å². The van der Waals surface area contributed by atoms with Gasteiger partial charge in [0, 0.05) is 0 Å². The summed E-state index contributed by atoms with van der Waals surface area (Å²) in [4.78, 5) is 4.65. The summed E-state index contributed by atoms with van der Waals surface area (Å²) in [6.07, 6.45) is 6.16. The van der Waals surface area contributed by atoms with Gasteiger partial charge in [-0.25, -0.2) is 10.8 Å². The zero-order valence-corrected chi connectivity index (χ0v) is 11.8. The molecule has 1 fully saturated rings. The fraction of sp³-hybridized carbons (Fsp3) is 0.643. The molecule has 0 bridgehead atoms. The number of nitrogens with two attached hydrogens (primary N) is 1. The summed E-state index contributed by atoms with van der Waals surface area (Å²) in [6, 6.07) is 4.37. The van der Waals surface area contributed by atoms with Crippen LogP contribution in [0.15, 0.2) is 21.5 Å². The van der Waals surface area contributed by atoms with E-state index in [2.05, 4.69) is 15.7 Å². The van der Waals surface area contributed by atoms with Gasteiger partial charge in [0.1, 0.15) is 11.5 Å². The van der Waals surface area contributed by atoms with Gasteiger partial charge in [0.25, 0.3) is 0 Å². The maximum absolute atomic E-state index is 5.59. The van der Waals surface area contributed by atoms with Gasteiger partial charge in [-0.05, 0) is 38.8 Å². The topological polar surface area (TPSA) is 75.6 Å². The lowest BCUT2D eigenvalue weighted by Gasteiger charge is -2.21. The minimum Gasteiger partial charge on any atom is -0.464 e. The van der Waals surface area contributed by atoms with Gasteiger partial charge in [-0.3, -0.25) is 5.43 Å². The van der Waals surface area contributed by atoms with E-state index in [1.54, 1.807) is 0 Å². The van der Waals surface area contributed by atoms with Gasteiger partial charge >= 0.3 is 0 Å². The maximum atomic E-state index is 5.59. The molecule has 1 unspecified atom stereocenters. The number of aliphatic imine (C=N–C) groups is 1. The Morgan fingerprint density at radius 1 is 1.37 bits per heavy atom. The van der Waals surface area contributed by atoms with E-state index in [4.69, 9.17) is 10.3 Å². The van der Waals surface area contributed by atoms with Crippen LogP contribution >= 0.6 is 0 Å². The second kappa shape index (κ2) is 6.61. The Bertz CT molecular complexity index is 421. The van der Waals surface area contributed by atoms with Crippen LogP contribution in [0.3, 0.4) is 0 Å². The number of nitrogens with zero attached hydrogens (tertiary/aromatic N) is 1. The number of guanidine groups is 1. The average Bonchev–Trinajstić information content (AvgIpc) is 2.86. The van der Waals surface area contributed by atoms with Crippen molar-refractivity contribution in [1.29, 1.82) is 0 Å². The highest BCUT2D eigenvalue weighted by Crippen LogP contribution is 2.20. The van der Waals surface area contributed by atoms with E-state index in [0.717, 1.165) is 24.4 Å². The molecule has 0 saturated heterocycles. The van der Waals surface area contributed by atoms with Crippen LogP contribution in [-0.4, -0.2) is 12.0 Å². The van der Waals surface area contributed by atoms with Crippen molar-refractivity contribution >= 4 is 5.96 Å². The van der Waals surface area contributed by atoms with E-state index < -0.39 is 0 Å². The van der Waals surface area contributed by atoms with Gasteiger partial charge < -0.3 is 9.73 Å². The number of furan rings is 1. The Kier molecular flexibility index (Phi) is 4.85. The summed E-state index contributed by atoms with van der Waals surface area (Å²) >= 11 is 0. The molecule has 1 saturated carbocycles. The van der Waals surface area contributed by atoms with Gasteiger partial charge in [0.2, 0.25) is 5.96 Å². The zero-order valence-electron chi connectivity index (χ0n) is 11.8. The molecule has 106 valence electrons. The number of rotatable bonds is 3. The highest BCUT2D eigenvalue weighted by Gasteiger charge is 2.15. The molecule has 0 amide bonds. The average molecular weight is 264 g/mol. The molecule has 2 rings (SSSR count). The number of nitrogens with one attached hydrogen (secondary N) is 2. The van der Waals surface area contributed by atoms with Crippen molar-refractivity contribution in [3.8, 4) is 0 Å². The normalized spacial score (nSPS) is 19.2. The third kappa shape index (κ3) is 3.99. The number of aryl methyl sites for hydroxylation is 1. The van der Waals surface area contributed by atoms with Crippen LogP contribution in [-0.2, 0) is 0 Å². The molecule has 5 nitrogen and oxygen atoms in total. The van der Waals surface area contributed by atoms with Gasteiger partial charge in [-0.2, -0.15) is 0 Å². The molecule has 1 aromatic rings. The van der Waals surface area contributed by atoms with E-state index in [1.165, 1.54) is 19.3 Å². The molecule has 0 aromatic carbocycles. The fourth-order valence-corrected chi connectivity index (χ4v) is 2.47. The Labute approximate surface area is 114 Å². The van der Waals surface area contributed by atoms with Crippen LogP contribution in [0.1, 0.15) is 56.6 Å². The standard InChI is InChI=1S/C14H24N4O/c1-10-8-9-13(19-10)11(2)16-14(18-15)17-12-6-4-3-5-7-12/h8-9,11-12H,3-7,15H2,1-2H3,(H2,16,17,18). The summed E-state index contributed by atoms with van der Waals surface area (Å²) in [5.74, 6) is 8.00. The fourth-order valence-electron chi connectivity index (χ4n) is 2.47.